The predicted molar refractivity (Wildman–Crippen MR) is 79.1 cm³/mol. The van der Waals surface area contributed by atoms with E-state index in [0.717, 1.165) is 18.3 Å². The van der Waals surface area contributed by atoms with Gasteiger partial charge >= 0.3 is 12.3 Å². The van der Waals surface area contributed by atoms with Gasteiger partial charge in [-0.15, -0.1) is 0 Å². The second-order valence-electron chi connectivity index (χ2n) is 6.20. The zero-order valence-corrected chi connectivity index (χ0v) is 13.6. The van der Waals surface area contributed by atoms with Crippen LogP contribution >= 0.6 is 0 Å². The highest BCUT2D eigenvalue weighted by Crippen LogP contribution is 2.28. The lowest BCUT2D eigenvalue weighted by molar-refractivity contribution is -0.141. The number of pyridine rings is 1. The van der Waals surface area contributed by atoms with E-state index in [-0.39, 0.29) is 18.5 Å². The fourth-order valence-corrected chi connectivity index (χ4v) is 1.76. The van der Waals surface area contributed by atoms with Gasteiger partial charge in [-0.3, -0.25) is 4.98 Å². The summed E-state index contributed by atoms with van der Waals surface area (Å²) in [6.07, 6.45) is -7.09. The largest absolute Gasteiger partial charge is 0.444 e. The molecule has 1 aromatic heterocycles. The number of hydrogen-bond acceptors (Lipinski definition) is 5. The molecule has 0 saturated heterocycles. The van der Waals surface area contributed by atoms with E-state index in [1.54, 1.807) is 20.8 Å². The molecule has 0 spiro atoms. The quantitative estimate of drug-likeness (QED) is 0.758. The molecule has 6 nitrogen and oxygen atoms in total. The van der Waals surface area contributed by atoms with Gasteiger partial charge in [0.15, 0.2) is 0 Å². The summed E-state index contributed by atoms with van der Waals surface area (Å²) in [5, 5.41) is 22.2. The first kappa shape index (κ1) is 20.2. The molecule has 1 amide bonds. The lowest BCUT2D eigenvalue weighted by Crippen LogP contribution is -2.34. The van der Waals surface area contributed by atoms with Crippen LogP contribution < -0.4 is 5.32 Å². The van der Waals surface area contributed by atoms with Crippen molar-refractivity contribution in [2.75, 3.05) is 6.54 Å². The molecule has 3 N–H and O–H groups in total. The predicted octanol–water partition coefficient (Wildman–Crippen LogP) is 2.41. The van der Waals surface area contributed by atoms with E-state index in [9.17, 15) is 28.2 Å². The number of ether oxygens (including phenoxy) is 1. The summed E-state index contributed by atoms with van der Waals surface area (Å²) in [5.41, 5.74) is -1.69. The van der Waals surface area contributed by atoms with Crippen LogP contribution in [0.5, 0.6) is 0 Å². The number of halogens is 3. The van der Waals surface area contributed by atoms with Crippen molar-refractivity contribution in [2.45, 2.75) is 51.2 Å². The third kappa shape index (κ3) is 6.71. The van der Waals surface area contributed by atoms with Crippen LogP contribution in [0.3, 0.4) is 0 Å². The highest BCUT2D eigenvalue weighted by molar-refractivity contribution is 5.67. The Labute approximate surface area is 137 Å². The second-order valence-corrected chi connectivity index (χ2v) is 6.20. The Hall–Kier alpha value is -1.87. The number of amides is 1. The standard InChI is InChI=1S/C15H21F3N2O4/c1-14(2,3)24-13(23)19-7-6-10(21)12(22)9-4-5-11(20-8-9)15(16,17)18/h4-5,8,10,12,21-22H,6-7H2,1-3H3,(H,19,23). The summed E-state index contributed by atoms with van der Waals surface area (Å²) in [6, 6.07) is 1.77. The van der Waals surface area contributed by atoms with Gasteiger partial charge in [-0.25, -0.2) is 4.79 Å². The van der Waals surface area contributed by atoms with Crippen LogP contribution in [-0.2, 0) is 10.9 Å². The number of hydrogen-bond donors (Lipinski definition) is 3. The van der Waals surface area contributed by atoms with Crippen molar-refractivity contribution in [1.82, 2.24) is 10.3 Å². The van der Waals surface area contributed by atoms with Crippen LogP contribution in [0.1, 0.15) is 44.6 Å². The number of carbonyl (C=O) groups excluding carboxylic acids is 1. The summed E-state index contributed by atoms with van der Waals surface area (Å²) in [7, 11) is 0. The number of aliphatic hydroxyl groups excluding tert-OH is 2. The molecule has 0 fully saturated rings. The van der Waals surface area contributed by atoms with Gasteiger partial charge in [-0.2, -0.15) is 13.2 Å². The fourth-order valence-electron chi connectivity index (χ4n) is 1.76. The highest BCUT2D eigenvalue weighted by Gasteiger charge is 2.32. The Morgan fingerprint density at radius 1 is 1.29 bits per heavy atom. The van der Waals surface area contributed by atoms with Gasteiger partial charge in [-0.1, -0.05) is 6.07 Å². The molecule has 24 heavy (non-hydrogen) atoms. The van der Waals surface area contributed by atoms with Gasteiger partial charge in [0.2, 0.25) is 0 Å². The number of rotatable bonds is 5. The van der Waals surface area contributed by atoms with Gasteiger partial charge < -0.3 is 20.3 Å². The summed E-state index contributed by atoms with van der Waals surface area (Å²) in [4.78, 5) is 14.6. The minimum absolute atomic E-state index is 0.0125. The van der Waals surface area contributed by atoms with E-state index in [2.05, 4.69) is 10.3 Å². The average Bonchev–Trinajstić information content (AvgIpc) is 2.43. The number of aliphatic hydroxyl groups is 2. The lowest BCUT2D eigenvalue weighted by Gasteiger charge is -2.21. The van der Waals surface area contributed by atoms with Gasteiger partial charge in [0.1, 0.15) is 17.4 Å². The molecule has 0 aliphatic rings. The minimum Gasteiger partial charge on any atom is -0.444 e. The maximum Gasteiger partial charge on any atom is 0.433 e. The maximum absolute atomic E-state index is 12.4. The number of nitrogens with zero attached hydrogens (tertiary/aromatic N) is 1. The molecule has 2 atom stereocenters. The van der Waals surface area contributed by atoms with Crippen molar-refractivity contribution in [3.63, 3.8) is 0 Å². The van der Waals surface area contributed by atoms with Crippen LogP contribution in [0.15, 0.2) is 18.3 Å². The molecular weight excluding hydrogens is 329 g/mol. The number of carbonyl (C=O) groups is 1. The molecule has 0 saturated carbocycles. The first-order valence-corrected chi connectivity index (χ1v) is 7.26. The molecule has 1 heterocycles. The topological polar surface area (TPSA) is 91.7 Å². The monoisotopic (exact) mass is 350 g/mol. The summed E-state index contributed by atoms with van der Waals surface area (Å²) >= 11 is 0. The van der Waals surface area contributed by atoms with Crippen molar-refractivity contribution in [2.24, 2.45) is 0 Å². The van der Waals surface area contributed by atoms with Crippen molar-refractivity contribution >= 4 is 6.09 Å². The van der Waals surface area contributed by atoms with Crippen molar-refractivity contribution in [3.05, 3.63) is 29.6 Å². The smallest absolute Gasteiger partial charge is 0.433 e. The van der Waals surface area contributed by atoms with Crippen molar-refractivity contribution < 1.29 is 32.9 Å². The third-order valence-corrected chi connectivity index (χ3v) is 2.89. The van der Waals surface area contributed by atoms with Crippen LogP contribution in [0.4, 0.5) is 18.0 Å². The Morgan fingerprint density at radius 2 is 1.92 bits per heavy atom. The number of aromatic nitrogens is 1. The fraction of sp³-hybridized carbons (Fsp3) is 0.600. The van der Waals surface area contributed by atoms with Gasteiger partial charge in [0.25, 0.3) is 0 Å². The Balaban J connectivity index is 2.50. The minimum atomic E-state index is -4.57. The first-order chi connectivity index (χ1) is 10.9. The van der Waals surface area contributed by atoms with E-state index >= 15 is 0 Å². The molecule has 0 aliphatic carbocycles. The van der Waals surface area contributed by atoms with Crippen molar-refractivity contribution in [1.29, 1.82) is 0 Å². The van der Waals surface area contributed by atoms with Crippen molar-refractivity contribution in [3.8, 4) is 0 Å². The molecule has 2 unspecified atom stereocenters. The maximum atomic E-state index is 12.4. The highest BCUT2D eigenvalue weighted by atomic mass is 19.4. The second kappa shape index (κ2) is 7.80. The molecule has 136 valence electrons. The van der Waals surface area contributed by atoms with Gasteiger partial charge in [-0.05, 0) is 33.3 Å². The van der Waals surface area contributed by atoms with Crippen LogP contribution in [0.25, 0.3) is 0 Å². The molecule has 1 rings (SSSR count). The Morgan fingerprint density at radius 3 is 2.38 bits per heavy atom. The van der Waals surface area contributed by atoms with E-state index in [1.807, 2.05) is 0 Å². The van der Waals surface area contributed by atoms with E-state index in [1.165, 1.54) is 0 Å². The number of nitrogens with one attached hydrogen (secondary N) is 1. The normalized spacial score (nSPS) is 14.8. The van der Waals surface area contributed by atoms with Crippen LogP contribution in [0, 0.1) is 0 Å². The third-order valence-electron chi connectivity index (χ3n) is 2.89. The molecular formula is C15H21F3N2O4. The van der Waals surface area contributed by atoms with Crippen LogP contribution in [0.2, 0.25) is 0 Å². The summed E-state index contributed by atoms with van der Waals surface area (Å²) < 4.78 is 42.2. The average molecular weight is 350 g/mol. The van der Waals surface area contributed by atoms with E-state index < -0.39 is 35.8 Å². The molecule has 9 heteroatoms. The molecule has 0 bridgehead atoms. The van der Waals surface area contributed by atoms with Crippen LogP contribution in [-0.4, -0.2) is 39.5 Å². The lowest BCUT2D eigenvalue weighted by atomic mass is 10.0. The summed E-state index contributed by atoms with van der Waals surface area (Å²) in [5.74, 6) is 0. The zero-order chi connectivity index (χ0) is 18.5. The van der Waals surface area contributed by atoms with Gasteiger partial charge in [0.05, 0.1) is 6.10 Å². The zero-order valence-electron chi connectivity index (χ0n) is 13.6. The molecule has 1 aromatic rings. The molecule has 0 aromatic carbocycles. The SMILES string of the molecule is CC(C)(C)OC(=O)NCCC(O)C(O)c1ccc(C(F)(F)F)nc1. The van der Waals surface area contributed by atoms with E-state index in [4.69, 9.17) is 4.74 Å². The number of alkyl carbamates (subject to hydrolysis) is 1. The molecule has 0 radical (unpaired) electrons. The van der Waals surface area contributed by atoms with E-state index in [0.29, 0.717) is 0 Å². The first-order valence-electron chi connectivity index (χ1n) is 7.26. The Kier molecular flexibility index (Phi) is 6.56. The Bertz CT molecular complexity index is 541. The number of alkyl halides is 3. The molecule has 0 aliphatic heterocycles. The van der Waals surface area contributed by atoms with Gasteiger partial charge in [0, 0.05) is 18.3 Å². The summed E-state index contributed by atoms with van der Waals surface area (Å²) in [6.45, 7) is 5.12.